The molecular weight excluding hydrogens is 369 g/mol. The third-order valence-electron chi connectivity index (χ3n) is 3.77. The number of nitrogen functional groups attached to an aromatic ring is 1. The number of aliphatic imine (C=N–C) groups is 1. The first-order valence-electron chi connectivity index (χ1n) is 7.94. The number of phenols is 1. The minimum absolute atomic E-state index is 0.0122. The minimum atomic E-state index is -4.58. The molecule has 2 rings (SSSR count). The molecule has 4 nitrogen and oxygen atoms in total. The van der Waals surface area contributed by atoms with Crippen molar-refractivity contribution in [2.24, 2.45) is 4.99 Å². The predicted molar refractivity (Wildman–Crippen MR) is 93.2 cm³/mol. The zero-order chi connectivity index (χ0) is 20.4. The van der Waals surface area contributed by atoms with Crippen LogP contribution in [0.5, 0.6) is 5.75 Å². The molecule has 0 saturated carbocycles. The normalized spacial score (nSPS) is 12.7. The topological polar surface area (TPSA) is 71.5 Å². The predicted octanol–water partition coefficient (Wildman–Crippen LogP) is 4.83. The van der Waals surface area contributed by atoms with Gasteiger partial charge in [-0.1, -0.05) is 0 Å². The van der Waals surface area contributed by atoms with Gasteiger partial charge in [-0.15, -0.1) is 0 Å². The van der Waals surface area contributed by atoms with E-state index in [1.807, 2.05) is 0 Å². The molecule has 0 aliphatic heterocycles. The third kappa shape index (κ3) is 5.38. The number of alkyl halides is 5. The number of aromatic nitrogens is 1. The van der Waals surface area contributed by atoms with Crippen LogP contribution >= 0.6 is 0 Å². The Bertz CT molecular complexity index is 834. The largest absolute Gasteiger partial charge is 0.507 e. The molecule has 1 aromatic carbocycles. The Hall–Kier alpha value is -2.71. The fraction of sp³-hybridized carbons (Fsp3) is 0.333. The fourth-order valence-electron chi connectivity index (χ4n) is 2.42. The molecule has 27 heavy (non-hydrogen) atoms. The van der Waals surface area contributed by atoms with Gasteiger partial charge in [-0.05, 0) is 43.7 Å². The molecule has 0 saturated heterocycles. The summed E-state index contributed by atoms with van der Waals surface area (Å²) < 4.78 is 63.9. The average molecular weight is 387 g/mol. The Balaban J connectivity index is 2.29. The van der Waals surface area contributed by atoms with E-state index in [4.69, 9.17) is 5.73 Å². The molecule has 0 amide bonds. The quantitative estimate of drug-likeness (QED) is 0.570. The summed E-state index contributed by atoms with van der Waals surface area (Å²) in [6, 6.07) is 4.50. The molecule has 2 aromatic rings. The molecule has 0 aliphatic rings. The van der Waals surface area contributed by atoms with Crippen LogP contribution in [0.1, 0.15) is 30.0 Å². The maximum absolute atomic E-state index is 12.8. The highest BCUT2D eigenvalue weighted by atomic mass is 19.4. The van der Waals surface area contributed by atoms with Gasteiger partial charge >= 0.3 is 6.18 Å². The van der Waals surface area contributed by atoms with E-state index in [9.17, 15) is 27.1 Å². The van der Waals surface area contributed by atoms with Gasteiger partial charge in [-0.25, -0.2) is 13.8 Å². The van der Waals surface area contributed by atoms with Crippen LogP contribution in [0.15, 0.2) is 29.3 Å². The number of hydrogen-bond donors (Lipinski definition) is 2. The molecular formula is C18H18F5N3O. The van der Waals surface area contributed by atoms with Gasteiger partial charge in [0.2, 0.25) is 5.92 Å². The molecule has 0 atom stereocenters. The van der Waals surface area contributed by atoms with Crippen LogP contribution in [-0.2, 0) is 6.18 Å². The van der Waals surface area contributed by atoms with E-state index in [-0.39, 0.29) is 29.2 Å². The molecule has 0 radical (unpaired) electrons. The zero-order valence-corrected chi connectivity index (χ0v) is 14.6. The summed E-state index contributed by atoms with van der Waals surface area (Å²) in [5.41, 5.74) is 5.72. The smallest absolute Gasteiger partial charge is 0.416 e. The lowest BCUT2D eigenvalue weighted by Gasteiger charge is -2.13. The highest BCUT2D eigenvalue weighted by Crippen LogP contribution is 2.38. The van der Waals surface area contributed by atoms with Gasteiger partial charge in [0.1, 0.15) is 11.6 Å². The van der Waals surface area contributed by atoms with Crippen LogP contribution < -0.4 is 5.73 Å². The van der Waals surface area contributed by atoms with Crippen LogP contribution in [0.3, 0.4) is 0 Å². The Morgan fingerprint density at radius 1 is 1.19 bits per heavy atom. The number of benzene rings is 1. The third-order valence-corrected chi connectivity index (χ3v) is 3.77. The first-order chi connectivity index (χ1) is 12.4. The maximum Gasteiger partial charge on any atom is 0.416 e. The minimum Gasteiger partial charge on any atom is -0.507 e. The Labute approximate surface area is 152 Å². The van der Waals surface area contributed by atoms with Gasteiger partial charge in [-0.3, -0.25) is 4.99 Å². The first-order valence-corrected chi connectivity index (χ1v) is 7.94. The lowest BCUT2D eigenvalue weighted by Crippen LogP contribution is -2.10. The van der Waals surface area contributed by atoms with Gasteiger partial charge in [-0.2, -0.15) is 13.2 Å². The van der Waals surface area contributed by atoms with Crippen molar-refractivity contribution in [3.8, 4) is 17.0 Å². The molecule has 0 bridgehead atoms. The van der Waals surface area contributed by atoms with E-state index in [2.05, 4.69) is 9.98 Å². The van der Waals surface area contributed by atoms with Gasteiger partial charge in [0, 0.05) is 30.3 Å². The Morgan fingerprint density at radius 2 is 1.85 bits per heavy atom. The first kappa shape index (κ1) is 20.6. The highest BCUT2D eigenvalue weighted by molar-refractivity contribution is 5.87. The van der Waals surface area contributed by atoms with Crippen LogP contribution in [0.25, 0.3) is 11.3 Å². The van der Waals surface area contributed by atoms with E-state index < -0.39 is 29.8 Å². The monoisotopic (exact) mass is 387 g/mol. The van der Waals surface area contributed by atoms with Crippen molar-refractivity contribution in [2.75, 3.05) is 12.3 Å². The number of phenolic OH excluding ortho intramolecular Hbond substituents is 1. The van der Waals surface area contributed by atoms with Crippen molar-refractivity contribution in [3.63, 3.8) is 0 Å². The number of hydrogen-bond acceptors (Lipinski definition) is 4. The van der Waals surface area contributed by atoms with Crippen molar-refractivity contribution >= 4 is 12.0 Å². The van der Waals surface area contributed by atoms with Gasteiger partial charge in [0.15, 0.2) is 0 Å². The van der Waals surface area contributed by atoms with Crippen molar-refractivity contribution in [2.45, 2.75) is 32.4 Å². The second-order valence-electron chi connectivity index (χ2n) is 6.21. The van der Waals surface area contributed by atoms with Gasteiger partial charge in [0.05, 0.1) is 11.3 Å². The van der Waals surface area contributed by atoms with Crippen molar-refractivity contribution < 1.29 is 27.1 Å². The van der Waals surface area contributed by atoms with Crippen LogP contribution in [0.4, 0.5) is 27.8 Å². The van der Waals surface area contributed by atoms with Gasteiger partial charge < -0.3 is 10.8 Å². The molecule has 9 heteroatoms. The number of aromatic hydroxyl groups is 1. The van der Waals surface area contributed by atoms with Crippen LogP contribution in [-0.4, -0.2) is 28.8 Å². The van der Waals surface area contributed by atoms with Crippen molar-refractivity contribution in [3.05, 3.63) is 41.0 Å². The summed E-state index contributed by atoms with van der Waals surface area (Å²) in [7, 11) is 0. The molecule has 146 valence electrons. The van der Waals surface area contributed by atoms with E-state index >= 15 is 0 Å². The molecule has 1 heterocycles. The summed E-state index contributed by atoms with van der Waals surface area (Å²) >= 11 is 0. The summed E-state index contributed by atoms with van der Waals surface area (Å²) in [5, 5.41) is 10.0. The average Bonchev–Trinajstić information content (AvgIpc) is 2.50. The van der Waals surface area contributed by atoms with E-state index in [0.717, 1.165) is 13.0 Å². The molecule has 0 aliphatic carbocycles. The van der Waals surface area contributed by atoms with E-state index in [1.54, 1.807) is 0 Å². The summed E-state index contributed by atoms with van der Waals surface area (Å²) in [4.78, 5) is 7.95. The lowest BCUT2D eigenvalue weighted by atomic mass is 10.00. The highest BCUT2D eigenvalue weighted by Gasteiger charge is 2.32. The summed E-state index contributed by atoms with van der Waals surface area (Å²) in [6.07, 6.45) is -3.69. The SMILES string of the molecule is Cc1cc(C(F)(F)F)cc(O)c1-c1ccc(C=NCCC(C)(F)F)c(N)n1. The number of pyridine rings is 1. The second kappa shape index (κ2) is 7.50. The number of nitrogens with zero attached hydrogens (tertiary/aromatic N) is 2. The number of aryl methyl sites for hydroxylation is 1. The number of rotatable bonds is 5. The lowest BCUT2D eigenvalue weighted by molar-refractivity contribution is -0.137. The summed E-state index contributed by atoms with van der Waals surface area (Å²) in [5.74, 6) is -3.37. The molecule has 0 unspecified atom stereocenters. The molecule has 0 spiro atoms. The van der Waals surface area contributed by atoms with Crippen LogP contribution in [0, 0.1) is 6.92 Å². The maximum atomic E-state index is 12.8. The molecule has 0 fully saturated rings. The number of halogens is 5. The standard InChI is InChI=1S/C18H18F5N3O/c1-10-7-12(18(21,22)23)8-14(27)15(10)13-4-3-11(16(24)26-13)9-25-6-5-17(2,19)20/h3-4,7-9,27H,5-6H2,1-2H3,(H2,24,26). The zero-order valence-electron chi connectivity index (χ0n) is 14.6. The van der Waals surface area contributed by atoms with Crippen molar-refractivity contribution in [1.82, 2.24) is 4.98 Å². The number of nitrogens with two attached hydrogens (primary N) is 1. The Morgan fingerprint density at radius 3 is 2.37 bits per heavy atom. The van der Waals surface area contributed by atoms with Crippen molar-refractivity contribution in [1.29, 1.82) is 0 Å². The second-order valence-corrected chi connectivity index (χ2v) is 6.21. The van der Waals surface area contributed by atoms with Gasteiger partial charge in [0.25, 0.3) is 0 Å². The Kier molecular flexibility index (Phi) is 5.72. The molecule has 3 N–H and O–H groups in total. The van der Waals surface area contributed by atoms with E-state index in [1.165, 1.54) is 25.3 Å². The molecule has 1 aromatic heterocycles. The summed E-state index contributed by atoms with van der Waals surface area (Å²) in [6.45, 7) is 2.12. The number of anilines is 1. The fourth-order valence-corrected chi connectivity index (χ4v) is 2.42. The van der Waals surface area contributed by atoms with E-state index in [0.29, 0.717) is 11.6 Å². The van der Waals surface area contributed by atoms with Crippen LogP contribution in [0.2, 0.25) is 0 Å².